The van der Waals surface area contributed by atoms with Crippen LogP contribution in [0.2, 0.25) is 0 Å². The summed E-state index contributed by atoms with van der Waals surface area (Å²) in [6.45, 7) is 1.69. The van der Waals surface area contributed by atoms with E-state index in [4.69, 9.17) is 5.73 Å². The zero-order valence-electron chi connectivity index (χ0n) is 12.6. The molecule has 0 fully saturated rings. The highest BCUT2D eigenvalue weighted by Crippen LogP contribution is 2.08. The Morgan fingerprint density at radius 3 is 2.76 bits per heavy atom. The highest BCUT2D eigenvalue weighted by atomic mass is 32.2. The van der Waals surface area contributed by atoms with Crippen molar-refractivity contribution in [2.45, 2.75) is 43.5 Å². The average Bonchev–Trinajstić information content (AvgIpc) is 2.94. The molecule has 1 aromatic rings. The third kappa shape index (κ3) is 7.30. The Bertz CT molecular complexity index is 488. The van der Waals surface area contributed by atoms with Gasteiger partial charge in [-0.1, -0.05) is 12.8 Å². The molecule has 1 heterocycles. The lowest BCUT2D eigenvalue weighted by molar-refractivity contribution is 0.571. The molecule has 21 heavy (non-hydrogen) atoms. The van der Waals surface area contributed by atoms with Crippen molar-refractivity contribution in [1.82, 2.24) is 14.5 Å². The summed E-state index contributed by atoms with van der Waals surface area (Å²) >= 11 is 1.85. The number of nitrogens with zero attached hydrogens (tertiary/aromatic N) is 2. The van der Waals surface area contributed by atoms with Gasteiger partial charge in [0.2, 0.25) is 10.0 Å². The summed E-state index contributed by atoms with van der Waals surface area (Å²) in [6, 6.07) is 0. The molecule has 0 atom stereocenters. The Labute approximate surface area is 131 Å². The van der Waals surface area contributed by atoms with E-state index in [0.717, 1.165) is 25.7 Å². The Morgan fingerprint density at radius 1 is 1.29 bits per heavy atom. The monoisotopic (exact) mass is 334 g/mol. The number of nitrogens with two attached hydrogens (primary N) is 1. The summed E-state index contributed by atoms with van der Waals surface area (Å²) in [6.07, 6.45) is 10.1. The number of rotatable bonds is 12. The summed E-state index contributed by atoms with van der Waals surface area (Å²) in [5.74, 6) is 1.17. The molecule has 3 N–H and O–H groups in total. The molecule has 0 bridgehead atoms. The van der Waals surface area contributed by atoms with Crippen molar-refractivity contribution in [3.05, 3.63) is 12.4 Å². The first kappa shape index (κ1) is 18.5. The molecule has 0 aliphatic rings. The Balaban J connectivity index is 2.31. The first-order chi connectivity index (χ1) is 10.1. The van der Waals surface area contributed by atoms with Crippen LogP contribution in [0.1, 0.15) is 32.1 Å². The van der Waals surface area contributed by atoms with Gasteiger partial charge in [0.05, 0.1) is 6.20 Å². The van der Waals surface area contributed by atoms with Gasteiger partial charge in [-0.05, 0) is 37.8 Å². The minimum Gasteiger partial charge on any atom is -0.330 e. The average molecular weight is 335 g/mol. The lowest BCUT2D eigenvalue weighted by Crippen LogP contribution is -2.24. The van der Waals surface area contributed by atoms with E-state index in [1.807, 2.05) is 11.8 Å². The number of aryl methyl sites for hydroxylation is 1. The van der Waals surface area contributed by atoms with Crippen LogP contribution in [0.4, 0.5) is 0 Å². The van der Waals surface area contributed by atoms with Gasteiger partial charge in [-0.15, -0.1) is 0 Å². The summed E-state index contributed by atoms with van der Waals surface area (Å²) in [7, 11) is -3.43. The van der Waals surface area contributed by atoms with Gasteiger partial charge in [0.25, 0.3) is 0 Å². The Hall–Kier alpha value is -0.570. The van der Waals surface area contributed by atoms with Crippen LogP contribution in [-0.4, -0.2) is 43.3 Å². The number of nitrogens with one attached hydrogen (secondary N) is 1. The normalized spacial score (nSPS) is 11.9. The highest BCUT2D eigenvalue weighted by Gasteiger charge is 2.15. The van der Waals surface area contributed by atoms with E-state index in [1.54, 1.807) is 10.9 Å². The van der Waals surface area contributed by atoms with Crippen molar-refractivity contribution in [1.29, 1.82) is 0 Å². The van der Waals surface area contributed by atoms with Gasteiger partial charge in [0.15, 0.2) is 0 Å². The maximum Gasteiger partial charge on any atom is 0.243 e. The fraction of sp³-hybridized carbons (Fsp3) is 0.769. The van der Waals surface area contributed by atoms with Crippen LogP contribution >= 0.6 is 11.8 Å². The number of hydrogen-bond donors (Lipinski definition) is 2. The Morgan fingerprint density at radius 2 is 2.05 bits per heavy atom. The van der Waals surface area contributed by atoms with Gasteiger partial charge < -0.3 is 5.73 Å². The molecule has 122 valence electrons. The lowest BCUT2D eigenvalue weighted by Gasteiger charge is -2.04. The minimum absolute atomic E-state index is 0.224. The zero-order chi connectivity index (χ0) is 15.6. The van der Waals surface area contributed by atoms with E-state index >= 15 is 0 Å². The molecular formula is C13H26N4O2S2. The second-order valence-electron chi connectivity index (χ2n) is 4.89. The summed E-state index contributed by atoms with van der Waals surface area (Å²) < 4.78 is 28.4. The molecule has 0 spiro atoms. The van der Waals surface area contributed by atoms with Gasteiger partial charge >= 0.3 is 0 Å². The quantitative estimate of drug-likeness (QED) is 0.564. The van der Waals surface area contributed by atoms with Crippen LogP contribution in [0.5, 0.6) is 0 Å². The van der Waals surface area contributed by atoms with Crippen molar-refractivity contribution in [2.75, 3.05) is 25.1 Å². The smallest absolute Gasteiger partial charge is 0.243 e. The van der Waals surface area contributed by atoms with Crippen molar-refractivity contribution in [2.24, 2.45) is 5.73 Å². The van der Waals surface area contributed by atoms with Gasteiger partial charge in [-0.25, -0.2) is 13.1 Å². The van der Waals surface area contributed by atoms with Crippen LogP contribution in [0.15, 0.2) is 17.3 Å². The number of unbranched alkanes of at least 4 members (excludes halogenated alkanes) is 3. The summed E-state index contributed by atoms with van der Waals surface area (Å²) in [4.78, 5) is 0.224. The van der Waals surface area contributed by atoms with Crippen LogP contribution in [0.3, 0.4) is 0 Å². The van der Waals surface area contributed by atoms with E-state index in [2.05, 4.69) is 16.1 Å². The zero-order valence-corrected chi connectivity index (χ0v) is 14.3. The molecule has 0 unspecified atom stereocenters. The predicted molar refractivity (Wildman–Crippen MR) is 87.9 cm³/mol. The number of sulfonamides is 1. The van der Waals surface area contributed by atoms with Gasteiger partial charge in [0, 0.05) is 19.3 Å². The molecule has 6 nitrogen and oxygen atoms in total. The standard InChI is InChI=1S/C13H26N4O2S2/c1-20-10-5-3-2-4-8-16-21(18,19)13-11-15-17(12-13)9-6-7-14/h11-12,16H,2-10,14H2,1H3. The van der Waals surface area contributed by atoms with Crippen LogP contribution < -0.4 is 10.5 Å². The molecule has 1 rings (SSSR count). The molecule has 0 amide bonds. The van der Waals surface area contributed by atoms with Crippen molar-refractivity contribution in [3.63, 3.8) is 0 Å². The Kier molecular flexibility index (Phi) is 8.98. The SMILES string of the molecule is CSCCCCCCNS(=O)(=O)c1cnn(CCCN)c1. The molecule has 0 aliphatic carbocycles. The predicted octanol–water partition coefficient (Wildman–Crippen LogP) is 1.43. The highest BCUT2D eigenvalue weighted by molar-refractivity contribution is 7.98. The minimum atomic E-state index is -3.43. The molecule has 0 aliphatic heterocycles. The second-order valence-corrected chi connectivity index (χ2v) is 7.64. The van der Waals surface area contributed by atoms with E-state index in [0.29, 0.717) is 19.6 Å². The number of thioether (sulfide) groups is 1. The van der Waals surface area contributed by atoms with E-state index < -0.39 is 10.0 Å². The summed E-state index contributed by atoms with van der Waals surface area (Å²) in [5.41, 5.74) is 5.42. The van der Waals surface area contributed by atoms with Crippen molar-refractivity contribution < 1.29 is 8.42 Å². The van der Waals surface area contributed by atoms with Gasteiger partial charge in [-0.3, -0.25) is 4.68 Å². The number of aromatic nitrogens is 2. The molecular weight excluding hydrogens is 308 g/mol. The summed E-state index contributed by atoms with van der Waals surface area (Å²) in [5, 5.41) is 4.04. The maximum atomic E-state index is 12.1. The molecule has 0 saturated carbocycles. The third-order valence-electron chi connectivity index (χ3n) is 3.08. The first-order valence-corrected chi connectivity index (χ1v) is 10.2. The second kappa shape index (κ2) is 10.2. The molecule has 0 radical (unpaired) electrons. The van der Waals surface area contributed by atoms with E-state index in [1.165, 1.54) is 18.4 Å². The topological polar surface area (TPSA) is 90.0 Å². The number of hydrogen-bond acceptors (Lipinski definition) is 5. The molecule has 0 aromatic carbocycles. The van der Waals surface area contributed by atoms with Crippen LogP contribution in [0.25, 0.3) is 0 Å². The lowest BCUT2D eigenvalue weighted by atomic mass is 10.2. The molecule has 1 aromatic heterocycles. The molecule has 0 saturated heterocycles. The maximum absolute atomic E-state index is 12.1. The van der Waals surface area contributed by atoms with Gasteiger partial charge in [-0.2, -0.15) is 16.9 Å². The fourth-order valence-electron chi connectivity index (χ4n) is 1.87. The van der Waals surface area contributed by atoms with Crippen LogP contribution in [0, 0.1) is 0 Å². The first-order valence-electron chi connectivity index (χ1n) is 7.31. The largest absolute Gasteiger partial charge is 0.330 e. The fourth-order valence-corrected chi connectivity index (χ4v) is 3.39. The third-order valence-corrected chi connectivity index (χ3v) is 5.19. The van der Waals surface area contributed by atoms with E-state index in [9.17, 15) is 8.42 Å². The van der Waals surface area contributed by atoms with Gasteiger partial charge in [0.1, 0.15) is 4.90 Å². The van der Waals surface area contributed by atoms with E-state index in [-0.39, 0.29) is 4.90 Å². The van der Waals surface area contributed by atoms with Crippen molar-refractivity contribution in [3.8, 4) is 0 Å². The molecule has 8 heteroatoms. The van der Waals surface area contributed by atoms with Crippen molar-refractivity contribution >= 4 is 21.8 Å². The van der Waals surface area contributed by atoms with Crippen LogP contribution in [-0.2, 0) is 16.6 Å².